The zero-order valence-electron chi connectivity index (χ0n) is 19.6. The van der Waals surface area contributed by atoms with Gasteiger partial charge in [-0.15, -0.1) is 0 Å². The van der Waals surface area contributed by atoms with Gasteiger partial charge in [-0.2, -0.15) is 0 Å². The summed E-state index contributed by atoms with van der Waals surface area (Å²) in [5.74, 6) is 1.57. The molecule has 1 aromatic rings. The van der Waals surface area contributed by atoms with E-state index < -0.39 is 12.5 Å². The van der Waals surface area contributed by atoms with E-state index in [0.29, 0.717) is 5.92 Å². The Kier molecular flexibility index (Phi) is 10.8. The predicted octanol–water partition coefficient (Wildman–Crippen LogP) is 9.61. The zero-order valence-corrected chi connectivity index (χ0v) is 21.5. The summed E-state index contributed by atoms with van der Waals surface area (Å²) in [6.45, 7) is 1.55. The molecule has 2 aliphatic rings. The second-order valence-corrected chi connectivity index (χ2v) is 14.3. The second-order valence-electron chi connectivity index (χ2n) is 10.4. The molecule has 0 nitrogen and oxygen atoms in total. The van der Waals surface area contributed by atoms with Crippen LogP contribution in [0.5, 0.6) is 0 Å². The van der Waals surface area contributed by atoms with Crippen LogP contribution >= 0.6 is 11.6 Å². The SMILES string of the molecule is CCCCC[SiH]1CCC(CCCC[C@H]2CC[C@H](c3ccc(Cl)c(F)c3CF)CC2)CC1. The molecule has 1 aromatic carbocycles. The Morgan fingerprint density at radius 3 is 2.16 bits per heavy atom. The van der Waals surface area contributed by atoms with Crippen molar-refractivity contribution in [3.8, 4) is 0 Å². The number of alkyl halides is 1. The van der Waals surface area contributed by atoms with E-state index in [4.69, 9.17) is 11.6 Å². The van der Waals surface area contributed by atoms with Gasteiger partial charge in [0.2, 0.25) is 0 Å². The van der Waals surface area contributed by atoms with Crippen molar-refractivity contribution in [2.24, 2.45) is 11.8 Å². The summed E-state index contributed by atoms with van der Waals surface area (Å²) >= 11 is 5.85. The van der Waals surface area contributed by atoms with Crippen molar-refractivity contribution < 1.29 is 8.78 Å². The van der Waals surface area contributed by atoms with Gasteiger partial charge in [-0.25, -0.2) is 8.78 Å². The van der Waals surface area contributed by atoms with E-state index in [2.05, 4.69) is 6.92 Å². The van der Waals surface area contributed by atoms with Crippen molar-refractivity contribution in [2.75, 3.05) is 0 Å². The van der Waals surface area contributed by atoms with Gasteiger partial charge in [0.05, 0.1) is 5.02 Å². The smallest absolute Gasteiger partial charge is 0.147 e. The molecule has 1 aliphatic heterocycles. The van der Waals surface area contributed by atoms with Gasteiger partial charge in [-0.05, 0) is 55.1 Å². The lowest BCUT2D eigenvalue weighted by Gasteiger charge is -2.30. The molecule has 0 spiro atoms. The summed E-state index contributed by atoms with van der Waals surface area (Å²) < 4.78 is 27.6. The highest BCUT2D eigenvalue weighted by molar-refractivity contribution is 6.58. The summed E-state index contributed by atoms with van der Waals surface area (Å²) in [5.41, 5.74) is 1.05. The molecule has 1 heterocycles. The number of hydrogen-bond donors (Lipinski definition) is 0. The minimum absolute atomic E-state index is 0.0393. The van der Waals surface area contributed by atoms with Crippen LogP contribution < -0.4 is 0 Å². The van der Waals surface area contributed by atoms with Crippen molar-refractivity contribution in [3.63, 3.8) is 0 Å². The predicted molar refractivity (Wildman–Crippen MR) is 133 cm³/mol. The van der Waals surface area contributed by atoms with Gasteiger partial charge in [0.1, 0.15) is 12.5 Å². The molecule has 0 unspecified atom stereocenters. The van der Waals surface area contributed by atoms with E-state index in [1.807, 2.05) is 6.07 Å². The molecule has 0 aromatic heterocycles. The molecule has 0 N–H and O–H groups in total. The Morgan fingerprint density at radius 2 is 1.55 bits per heavy atom. The molecule has 0 radical (unpaired) electrons. The lowest BCUT2D eigenvalue weighted by molar-refractivity contribution is 0.295. The molecule has 31 heavy (non-hydrogen) atoms. The lowest BCUT2D eigenvalue weighted by atomic mass is 9.76. The first-order chi connectivity index (χ1) is 15.1. The van der Waals surface area contributed by atoms with Crippen LogP contribution in [-0.4, -0.2) is 8.80 Å². The van der Waals surface area contributed by atoms with Crippen molar-refractivity contribution in [2.45, 2.75) is 121 Å². The molecule has 4 heteroatoms. The Balaban J connectivity index is 1.30. The highest BCUT2D eigenvalue weighted by Crippen LogP contribution is 2.41. The fourth-order valence-corrected chi connectivity index (χ4v) is 10.0. The van der Waals surface area contributed by atoms with Crippen LogP contribution in [0.1, 0.15) is 107 Å². The molecule has 176 valence electrons. The van der Waals surface area contributed by atoms with Gasteiger partial charge >= 0.3 is 0 Å². The van der Waals surface area contributed by atoms with Crippen LogP contribution in [0.2, 0.25) is 23.2 Å². The minimum atomic E-state index is -0.759. The van der Waals surface area contributed by atoms with Crippen LogP contribution in [0.25, 0.3) is 0 Å². The van der Waals surface area contributed by atoms with Crippen LogP contribution in [0.15, 0.2) is 12.1 Å². The highest BCUT2D eigenvalue weighted by atomic mass is 35.5. The van der Waals surface area contributed by atoms with Gasteiger partial charge in [-0.1, -0.05) is 101 Å². The van der Waals surface area contributed by atoms with E-state index in [0.717, 1.165) is 30.2 Å². The fourth-order valence-electron chi connectivity index (χ4n) is 6.25. The molecular formula is C27H43ClF2Si. The van der Waals surface area contributed by atoms with E-state index in [1.54, 1.807) is 24.2 Å². The van der Waals surface area contributed by atoms with Crippen LogP contribution in [-0.2, 0) is 6.67 Å². The average Bonchev–Trinajstić information content (AvgIpc) is 2.80. The standard InChI is InChI=1S/C27H43ClF2Si/c1-2-3-6-17-31-18-15-22(16-19-31)8-5-4-7-21-9-11-23(12-10-21)24-13-14-26(28)27(30)25(24)20-29/h13-14,21-23,31H,2-12,15-20H2,1H3/t21-,22?,23-,31?. The van der Waals surface area contributed by atoms with Crippen molar-refractivity contribution in [3.05, 3.63) is 34.1 Å². The van der Waals surface area contributed by atoms with E-state index in [-0.39, 0.29) is 19.4 Å². The lowest BCUT2D eigenvalue weighted by Crippen LogP contribution is -2.21. The molecule has 1 saturated heterocycles. The normalized spacial score (nSPS) is 26.8. The number of benzene rings is 1. The minimum Gasteiger partial charge on any atom is -0.246 e. The molecule has 3 rings (SSSR count). The fraction of sp³-hybridized carbons (Fsp3) is 0.778. The highest BCUT2D eigenvalue weighted by Gasteiger charge is 2.26. The van der Waals surface area contributed by atoms with Crippen molar-refractivity contribution in [1.82, 2.24) is 0 Å². The first kappa shape index (κ1) is 25.2. The number of rotatable bonds is 11. The van der Waals surface area contributed by atoms with Gasteiger partial charge < -0.3 is 0 Å². The zero-order chi connectivity index (χ0) is 22.1. The van der Waals surface area contributed by atoms with E-state index in [9.17, 15) is 8.78 Å². The monoisotopic (exact) mass is 468 g/mol. The maximum absolute atomic E-state index is 14.2. The third-order valence-electron chi connectivity index (χ3n) is 8.31. The molecule has 0 amide bonds. The molecule has 0 atom stereocenters. The summed E-state index contributed by atoms with van der Waals surface area (Å²) in [7, 11) is -0.359. The summed E-state index contributed by atoms with van der Waals surface area (Å²) in [4.78, 5) is 0. The Hall–Kier alpha value is -0.413. The number of halogens is 3. The van der Waals surface area contributed by atoms with Gasteiger partial charge in [-0.3, -0.25) is 0 Å². The molecule has 2 fully saturated rings. The quantitative estimate of drug-likeness (QED) is 0.224. The van der Waals surface area contributed by atoms with Gasteiger partial charge in [0.25, 0.3) is 0 Å². The number of hydrogen-bond acceptors (Lipinski definition) is 0. The number of unbranched alkanes of at least 4 members (excludes halogenated alkanes) is 3. The Labute approximate surface area is 196 Å². The summed E-state index contributed by atoms with van der Waals surface area (Å²) in [6, 6.07) is 8.29. The van der Waals surface area contributed by atoms with Crippen LogP contribution in [0, 0.1) is 17.7 Å². The molecule has 1 aliphatic carbocycles. The average molecular weight is 469 g/mol. The van der Waals surface area contributed by atoms with Crippen molar-refractivity contribution >= 4 is 20.4 Å². The maximum atomic E-state index is 14.2. The second kappa shape index (κ2) is 13.3. The van der Waals surface area contributed by atoms with Crippen LogP contribution in [0.3, 0.4) is 0 Å². The van der Waals surface area contributed by atoms with E-state index in [1.165, 1.54) is 70.6 Å². The Morgan fingerprint density at radius 1 is 0.903 bits per heavy atom. The molecule has 1 saturated carbocycles. The third kappa shape index (κ3) is 7.56. The van der Waals surface area contributed by atoms with Gasteiger partial charge in [0.15, 0.2) is 0 Å². The summed E-state index contributed by atoms with van der Waals surface area (Å²) in [5, 5.41) is 0.0393. The first-order valence-electron chi connectivity index (χ1n) is 13.1. The topological polar surface area (TPSA) is 0 Å². The first-order valence-corrected chi connectivity index (χ1v) is 16.0. The van der Waals surface area contributed by atoms with Crippen molar-refractivity contribution in [1.29, 1.82) is 0 Å². The third-order valence-corrected chi connectivity index (χ3v) is 12.1. The summed E-state index contributed by atoms with van der Waals surface area (Å²) in [6.07, 6.45) is 17.5. The van der Waals surface area contributed by atoms with Crippen LogP contribution in [0.4, 0.5) is 8.78 Å². The van der Waals surface area contributed by atoms with E-state index >= 15 is 0 Å². The van der Waals surface area contributed by atoms with Gasteiger partial charge in [0, 0.05) is 14.4 Å². The Bertz CT molecular complexity index is 649. The molecular weight excluding hydrogens is 426 g/mol. The largest absolute Gasteiger partial charge is 0.246 e. The maximum Gasteiger partial charge on any atom is 0.147 e. The molecule has 0 bridgehead atoms.